The highest BCUT2D eigenvalue weighted by molar-refractivity contribution is 9.10. The molecule has 3 aromatic heterocycles. The van der Waals surface area contributed by atoms with E-state index in [0.717, 1.165) is 63.9 Å². The molecule has 6 rings (SSSR count). The van der Waals surface area contributed by atoms with Crippen LogP contribution in [0.25, 0.3) is 33.2 Å². The molecule has 0 bridgehead atoms. The lowest BCUT2D eigenvalue weighted by atomic mass is 9.86. The zero-order valence-electron chi connectivity index (χ0n) is 19.3. The maximum absolute atomic E-state index is 5.74. The first-order chi connectivity index (χ1) is 16.6. The second-order valence-electron chi connectivity index (χ2n) is 9.08. The van der Waals surface area contributed by atoms with Crippen LogP contribution in [-0.4, -0.2) is 37.8 Å². The lowest BCUT2D eigenvalue weighted by Gasteiger charge is -2.33. The van der Waals surface area contributed by atoms with E-state index in [1.807, 2.05) is 24.9 Å². The third-order valence-electron chi connectivity index (χ3n) is 7.00. The van der Waals surface area contributed by atoms with Crippen molar-refractivity contribution in [2.45, 2.75) is 25.8 Å². The number of halogens is 1. The van der Waals surface area contributed by atoms with Crippen molar-refractivity contribution in [2.24, 2.45) is 13.0 Å². The number of aryl methyl sites for hydroxylation is 2. The number of pyridine rings is 1. The van der Waals surface area contributed by atoms with E-state index in [9.17, 15) is 0 Å². The van der Waals surface area contributed by atoms with E-state index < -0.39 is 0 Å². The lowest BCUT2D eigenvalue weighted by Crippen LogP contribution is -2.26. The SMILES string of the molecule is Cc1nnn(C)c1-c1cnc2c3cc(Br)ccc3n([C@H](c3ccccc3)C3CCOCC3)c2c1. The summed E-state index contributed by atoms with van der Waals surface area (Å²) >= 11 is 3.68. The average molecular weight is 516 g/mol. The quantitative estimate of drug-likeness (QED) is 0.291. The van der Waals surface area contributed by atoms with Crippen molar-refractivity contribution in [2.75, 3.05) is 13.2 Å². The zero-order chi connectivity index (χ0) is 23.2. The highest BCUT2D eigenvalue weighted by Crippen LogP contribution is 2.41. The van der Waals surface area contributed by atoms with Crippen LogP contribution in [0.3, 0.4) is 0 Å². The third kappa shape index (κ3) is 3.54. The van der Waals surface area contributed by atoms with E-state index in [0.29, 0.717) is 5.92 Å². The molecule has 0 saturated carbocycles. The fourth-order valence-electron chi connectivity index (χ4n) is 5.48. The van der Waals surface area contributed by atoms with Crippen LogP contribution in [0.5, 0.6) is 0 Å². The van der Waals surface area contributed by atoms with Gasteiger partial charge in [-0.3, -0.25) is 4.98 Å². The minimum atomic E-state index is 0.189. The maximum Gasteiger partial charge on any atom is 0.0960 e. The molecule has 0 aliphatic carbocycles. The Morgan fingerprint density at radius 2 is 1.82 bits per heavy atom. The minimum Gasteiger partial charge on any atom is -0.381 e. The van der Waals surface area contributed by atoms with Gasteiger partial charge in [0.25, 0.3) is 0 Å². The van der Waals surface area contributed by atoms with Gasteiger partial charge in [-0.2, -0.15) is 0 Å². The van der Waals surface area contributed by atoms with Gasteiger partial charge in [-0.15, -0.1) is 5.10 Å². The van der Waals surface area contributed by atoms with Crippen LogP contribution in [0.15, 0.2) is 65.3 Å². The molecule has 6 nitrogen and oxygen atoms in total. The number of rotatable bonds is 4. The summed E-state index contributed by atoms with van der Waals surface area (Å²) in [5, 5.41) is 9.64. The summed E-state index contributed by atoms with van der Waals surface area (Å²) in [5.41, 5.74) is 7.59. The predicted octanol–water partition coefficient (Wildman–Crippen LogP) is 6.07. The van der Waals surface area contributed by atoms with E-state index in [1.54, 1.807) is 0 Å². The topological polar surface area (TPSA) is 57.8 Å². The smallest absolute Gasteiger partial charge is 0.0960 e. The Morgan fingerprint density at radius 1 is 1.03 bits per heavy atom. The highest BCUT2D eigenvalue weighted by atomic mass is 79.9. The molecule has 1 aliphatic heterocycles. The number of nitrogens with zero attached hydrogens (tertiary/aromatic N) is 5. The Bertz CT molecular complexity index is 1460. The fourth-order valence-corrected chi connectivity index (χ4v) is 5.84. The predicted molar refractivity (Wildman–Crippen MR) is 138 cm³/mol. The second-order valence-corrected chi connectivity index (χ2v) is 9.99. The van der Waals surface area contributed by atoms with Gasteiger partial charge in [-0.05, 0) is 55.5 Å². The highest BCUT2D eigenvalue weighted by Gasteiger charge is 2.30. The first kappa shape index (κ1) is 21.5. The molecule has 0 unspecified atom stereocenters. The second kappa shape index (κ2) is 8.64. The molecule has 1 saturated heterocycles. The van der Waals surface area contributed by atoms with Crippen molar-refractivity contribution in [1.82, 2.24) is 24.5 Å². The molecule has 0 N–H and O–H groups in total. The third-order valence-corrected chi connectivity index (χ3v) is 7.49. The Morgan fingerprint density at radius 3 is 2.56 bits per heavy atom. The summed E-state index contributed by atoms with van der Waals surface area (Å²) in [5.74, 6) is 0.474. The minimum absolute atomic E-state index is 0.189. The van der Waals surface area contributed by atoms with Crippen LogP contribution in [0.4, 0.5) is 0 Å². The lowest BCUT2D eigenvalue weighted by molar-refractivity contribution is 0.0553. The van der Waals surface area contributed by atoms with Crippen molar-refractivity contribution in [3.05, 3.63) is 76.5 Å². The van der Waals surface area contributed by atoms with E-state index in [-0.39, 0.29) is 6.04 Å². The van der Waals surface area contributed by atoms with Gasteiger partial charge in [0, 0.05) is 41.9 Å². The van der Waals surface area contributed by atoms with Gasteiger partial charge in [0.15, 0.2) is 0 Å². The molecule has 0 spiro atoms. The normalized spacial score (nSPS) is 15.9. The monoisotopic (exact) mass is 515 g/mol. The van der Waals surface area contributed by atoms with Crippen molar-refractivity contribution in [1.29, 1.82) is 0 Å². The number of aromatic nitrogens is 5. The average Bonchev–Trinajstić information content (AvgIpc) is 3.36. The van der Waals surface area contributed by atoms with Crippen LogP contribution >= 0.6 is 15.9 Å². The van der Waals surface area contributed by atoms with Crippen LogP contribution in [0, 0.1) is 12.8 Å². The maximum atomic E-state index is 5.74. The molecular weight excluding hydrogens is 490 g/mol. The van der Waals surface area contributed by atoms with Gasteiger partial charge in [0.2, 0.25) is 0 Å². The fraction of sp³-hybridized carbons (Fsp3) is 0.296. The summed E-state index contributed by atoms with van der Waals surface area (Å²) in [4.78, 5) is 5.00. The van der Waals surface area contributed by atoms with Crippen LogP contribution in [0.1, 0.15) is 30.1 Å². The first-order valence-corrected chi connectivity index (χ1v) is 12.5. The van der Waals surface area contributed by atoms with E-state index >= 15 is 0 Å². The van der Waals surface area contributed by atoms with Crippen molar-refractivity contribution in [3.8, 4) is 11.3 Å². The molecule has 0 amide bonds. The number of hydrogen-bond donors (Lipinski definition) is 0. The Hall–Kier alpha value is -3.03. The van der Waals surface area contributed by atoms with Gasteiger partial charge in [0.05, 0.1) is 34.0 Å². The van der Waals surface area contributed by atoms with Gasteiger partial charge in [0.1, 0.15) is 0 Å². The largest absolute Gasteiger partial charge is 0.381 e. The van der Waals surface area contributed by atoms with Gasteiger partial charge in [-0.1, -0.05) is 51.5 Å². The molecule has 7 heteroatoms. The molecular formula is C27H26BrN5O. The van der Waals surface area contributed by atoms with Crippen LogP contribution in [-0.2, 0) is 11.8 Å². The van der Waals surface area contributed by atoms with Gasteiger partial charge >= 0.3 is 0 Å². The van der Waals surface area contributed by atoms with E-state index in [1.165, 1.54) is 11.1 Å². The standard InChI is InChI=1S/C27H26BrN5O/c1-17-26(32(2)31-30-17)20-14-24-25(29-16-20)22-15-21(28)8-9-23(22)33(24)27(18-6-4-3-5-7-18)19-10-12-34-13-11-19/h3-9,14-16,19,27H,10-13H2,1-2H3/t27-/m1/s1. The number of benzene rings is 2. The molecule has 1 aliphatic rings. The summed E-state index contributed by atoms with van der Waals surface area (Å²) in [6.07, 6.45) is 4.02. The van der Waals surface area contributed by atoms with Crippen molar-refractivity contribution >= 4 is 37.9 Å². The number of fused-ring (bicyclic) bond motifs is 3. The molecule has 4 heterocycles. The first-order valence-electron chi connectivity index (χ1n) is 11.7. The Labute approximate surface area is 206 Å². The van der Waals surface area contributed by atoms with Crippen LogP contribution < -0.4 is 0 Å². The number of ether oxygens (including phenoxy) is 1. The molecule has 34 heavy (non-hydrogen) atoms. The van der Waals surface area contributed by atoms with E-state index in [2.05, 4.69) is 85.4 Å². The summed E-state index contributed by atoms with van der Waals surface area (Å²) in [6.45, 7) is 3.61. The molecule has 2 aromatic carbocycles. The summed E-state index contributed by atoms with van der Waals surface area (Å²) in [6, 6.07) is 19.8. The zero-order valence-corrected chi connectivity index (χ0v) is 20.9. The Kier molecular flexibility index (Phi) is 5.46. The number of hydrogen-bond acceptors (Lipinski definition) is 4. The Balaban J connectivity index is 1.67. The molecule has 1 atom stereocenters. The molecule has 1 fully saturated rings. The summed E-state index contributed by atoms with van der Waals surface area (Å²) < 4.78 is 11.1. The molecule has 0 radical (unpaired) electrons. The van der Waals surface area contributed by atoms with Crippen molar-refractivity contribution < 1.29 is 4.74 Å². The van der Waals surface area contributed by atoms with Gasteiger partial charge in [-0.25, -0.2) is 4.68 Å². The van der Waals surface area contributed by atoms with E-state index in [4.69, 9.17) is 9.72 Å². The molecule has 172 valence electrons. The molecule has 5 aromatic rings. The van der Waals surface area contributed by atoms with Crippen LogP contribution in [0.2, 0.25) is 0 Å². The van der Waals surface area contributed by atoms with Crippen molar-refractivity contribution in [3.63, 3.8) is 0 Å². The summed E-state index contributed by atoms with van der Waals surface area (Å²) in [7, 11) is 1.93. The van der Waals surface area contributed by atoms with Gasteiger partial charge < -0.3 is 9.30 Å².